The lowest BCUT2D eigenvalue weighted by atomic mass is 10.3. The molecular formula is C11H20N4OS. The molecule has 96 valence electrons. The van der Waals surface area contributed by atoms with Crippen molar-refractivity contribution in [3.05, 3.63) is 12.2 Å². The smallest absolute Gasteiger partial charge is 0.221 e. The van der Waals surface area contributed by atoms with E-state index < -0.39 is 0 Å². The van der Waals surface area contributed by atoms with Gasteiger partial charge in [0, 0.05) is 18.7 Å². The normalized spacial score (nSPS) is 12.4. The highest BCUT2D eigenvalue weighted by Gasteiger charge is 2.14. The third-order valence-corrected chi connectivity index (χ3v) is 2.99. The molecule has 5 nitrogen and oxygen atoms in total. The minimum atomic E-state index is -0.0848. The third kappa shape index (κ3) is 4.38. The first-order chi connectivity index (χ1) is 8.19. The molecule has 0 aliphatic carbocycles. The van der Waals surface area contributed by atoms with Gasteiger partial charge in [-0.15, -0.1) is 0 Å². The van der Waals surface area contributed by atoms with Gasteiger partial charge in [-0.1, -0.05) is 6.92 Å². The minimum absolute atomic E-state index is 0.0675. The van der Waals surface area contributed by atoms with E-state index in [4.69, 9.17) is 0 Å². The second kappa shape index (κ2) is 7.32. The summed E-state index contributed by atoms with van der Waals surface area (Å²) in [4.78, 5) is 15.8. The predicted molar refractivity (Wildman–Crippen MR) is 69.9 cm³/mol. The Labute approximate surface area is 106 Å². The topological polar surface area (TPSA) is 59.8 Å². The number of carbonyl (C=O) groups excluding carboxylic acids is 1. The highest BCUT2D eigenvalue weighted by atomic mass is 32.2. The second-order valence-electron chi connectivity index (χ2n) is 3.87. The summed E-state index contributed by atoms with van der Waals surface area (Å²) in [6, 6.07) is -0.0848. The summed E-state index contributed by atoms with van der Waals surface area (Å²) in [7, 11) is 0. The van der Waals surface area contributed by atoms with E-state index >= 15 is 0 Å². The molecule has 1 aromatic rings. The molecule has 1 atom stereocenters. The number of amides is 1. The summed E-state index contributed by atoms with van der Waals surface area (Å²) in [5.74, 6) is 1.74. The SMILES string of the molecule is CCCn1ncnc1[C@H](C)NC(=O)CCSC. The van der Waals surface area contributed by atoms with Crippen LogP contribution in [-0.2, 0) is 11.3 Å². The van der Waals surface area contributed by atoms with Crippen LogP contribution in [0.15, 0.2) is 6.33 Å². The molecule has 0 saturated heterocycles. The largest absolute Gasteiger partial charge is 0.346 e. The van der Waals surface area contributed by atoms with Crippen LogP contribution in [0.5, 0.6) is 0 Å². The first-order valence-electron chi connectivity index (χ1n) is 5.85. The molecule has 0 spiro atoms. The van der Waals surface area contributed by atoms with Crippen molar-refractivity contribution in [1.29, 1.82) is 0 Å². The number of rotatable bonds is 7. The van der Waals surface area contributed by atoms with E-state index in [0.717, 1.165) is 24.5 Å². The molecule has 0 bridgehead atoms. The molecule has 17 heavy (non-hydrogen) atoms. The molecule has 0 aromatic carbocycles. The fourth-order valence-corrected chi connectivity index (χ4v) is 1.96. The molecular weight excluding hydrogens is 236 g/mol. The van der Waals surface area contributed by atoms with E-state index in [9.17, 15) is 4.79 Å². The standard InChI is InChI=1S/C11H20N4OS/c1-4-6-15-11(12-8-13-15)9(2)14-10(16)5-7-17-3/h8-9H,4-7H2,1-3H3,(H,14,16)/t9-/m0/s1. The molecule has 1 rings (SSSR count). The Balaban J connectivity index is 2.53. The number of aryl methyl sites for hydroxylation is 1. The Bertz CT molecular complexity index is 353. The number of nitrogens with zero attached hydrogens (tertiary/aromatic N) is 3. The minimum Gasteiger partial charge on any atom is -0.346 e. The van der Waals surface area contributed by atoms with Gasteiger partial charge in [-0.2, -0.15) is 16.9 Å². The quantitative estimate of drug-likeness (QED) is 0.805. The van der Waals surface area contributed by atoms with Crippen molar-refractivity contribution in [2.45, 2.75) is 39.3 Å². The van der Waals surface area contributed by atoms with Crippen LogP contribution < -0.4 is 5.32 Å². The fourth-order valence-electron chi connectivity index (χ4n) is 1.57. The van der Waals surface area contributed by atoms with Gasteiger partial charge in [0.1, 0.15) is 12.2 Å². The highest BCUT2D eigenvalue weighted by Crippen LogP contribution is 2.09. The van der Waals surface area contributed by atoms with Gasteiger partial charge in [-0.05, 0) is 19.6 Å². The van der Waals surface area contributed by atoms with E-state index in [1.807, 2.05) is 17.9 Å². The van der Waals surface area contributed by atoms with Gasteiger partial charge in [0.15, 0.2) is 0 Å². The molecule has 0 fully saturated rings. The first kappa shape index (κ1) is 14.0. The zero-order chi connectivity index (χ0) is 12.7. The lowest BCUT2D eigenvalue weighted by Crippen LogP contribution is -2.29. The summed E-state index contributed by atoms with van der Waals surface area (Å²) in [5.41, 5.74) is 0. The highest BCUT2D eigenvalue weighted by molar-refractivity contribution is 7.98. The van der Waals surface area contributed by atoms with Crippen LogP contribution in [0.1, 0.15) is 38.6 Å². The van der Waals surface area contributed by atoms with Crippen molar-refractivity contribution in [2.24, 2.45) is 0 Å². The first-order valence-corrected chi connectivity index (χ1v) is 7.24. The van der Waals surface area contributed by atoms with Crippen molar-refractivity contribution in [3.63, 3.8) is 0 Å². The zero-order valence-corrected chi connectivity index (χ0v) is 11.5. The maximum absolute atomic E-state index is 11.6. The maximum Gasteiger partial charge on any atom is 0.221 e. The molecule has 1 aromatic heterocycles. The van der Waals surface area contributed by atoms with E-state index in [0.29, 0.717) is 6.42 Å². The second-order valence-corrected chi connectivity index (χ2v) is 4.86. The van der Waals surface area contributed by atoms with Crippen LogP contribution in [0.4, 0.5) is 0 Å². The average molecular weight is 256 g/mol. The van der Waals surface area contributed by atoms with Crippen LogP contribution in [0, 0.1) is 0 Å². The van der Waals surface area contributed by atoms with Gasteiger partial charge in [0.25, 0.3) is 0 Å². The van der Waals surface area contributed by atoms with Gasteiger partial charge in [0.2, 0.25) is 5.91 Å². The van der Waals surface area contributed by atoms with Crippen LogP contribution in [0.25, 0.3) is 0 Å². The molecule has 0 radical (unpaired) electrons. The summed E-state index contributed by atoms with van der Waals surface area (Å²) in [6.45, 7) is 4.86. The Morgan fingerprint density at radius 1 is 1.65 bits per heavy atom. The van der Waals surface area contributed by atoms with Crippen LogP contribution in [0.3, 0.4) is 0 Å². The van der Waals surface area contributed by atoms with E-state index in [2.05, 4.69) is 22.3 Å². The van der Waals surface area contributed by atoms with E-state index in [1.54, 1.807) is 11.8 Å². The fraction of sp³-hybridized carbons (Fsp3) is 0.727. The van der Waals surface area contributed by atoms with Gasteiger partial charge >= 0.3 is 0 Å². The third-order valence-electron chi connectivity index (χ3n) is 2.38. The number of nitrogens with one attached hydrogen (secondary N) is 1. The predicted octanol–water partition coefficient (Wildman–Crippen LogP) is 1.62. The van der Waals surface area contributed by atoms with Gasteiger partial charge in [-0.3, -0.25) is 4.79 Å². The van der Waals surface area contributed by atoms with Crippen molar-refractivity contribution >= 4 is 17.7 Å². The van der Waals surface area contributed by atoms with E-state index in [1.165, 1.54) is 6.33 Å². The summed E-state index contributed by atoms with van der Waals surface area (Å²) >= 11 is 1.67. The average Bonchev–Trinajstić information content (AvgIpc) is 2.75. The number of hydrogen-bond acceptors (Lipinski definition) is 4. The lowest BCUT2D eigenvalue weighted by molar-refractivity contribution is -0.121. The van der Waals surface area contributed by atoms with Crippen molar-refractivity contribution in [1.82, 2.24) is 20.1 Å². The van der Waals surface area contributed by atoms with Gasteiger partial charge in [0.05, 0.1) is 6.04 Å². The molecule has 0 unspecified atom stereocenters. The molecule has 0 saturated carbocycles. The Kier molecular flexibility index (Phi) is 6.04. The maximum atomic E-state index is 11.6. The zero-order valence-electron chi connectivity index (χ0n) is 10.6. The van der Waals surface area contributed by atoms with Gasteiger partial charge < -0.3 is 5.32 Å². The Hall–Kier alpha value is -1.04. The number of carbonyl (C=O) groups is 1. The number of aromatic nitrogens is 3. The Morgan fingerprint density at radius 3 is 3.06 bits per heavy atom. The van der Waals surface area contributed by atoms with Crippen molar-refractivity contribution in [3.8, 4) is 0 Å². The van der Waals surface area contributed by atoms with Gasteiger partial charge in [-0.25, -0.2) is 9.67 Å². The molecule has 1 N–H and O–H groups in total. The lowest BCUT2D eigenvalue weighted by Gasteiger charge is -2.14. The molecule has 1 amide bonds. The summed E-state index contributed by atoms with van der Waals surface area (Å²) < 4.78 is 1.85. The monoisotopic (exact) mass is 256 g/mol. The van der Waals surface area contributed by atoms with E-state index in [-0.39, 0.29) is 11.9 Å². The van der Waals surface area contributed by atoms with Crippen molar-refractivity contribution in [2.75, 3.05) is 12.0 Å². The van der Waals surface area contributed by atoms with Crippen LogP contribution in [0.2, 0.25) is 0 Å². The van der Waals surface area contributed by atoms with Crippen LogP contribution in [-0.4, -0.2) is 32.7 Å². The molecule has 0 aliphatic rings. The molecule has 6 heteroatoms. The van der Waals surface area contributed by atoms with Crippen LogP contribution >= 0.6 is 11.8 Å². The molecule has 1 heterocycles. The number of thioether (sulfide) groups is 1. The summed E-state index contributed by atoms with van der Waals surface area (Å²) in [5, 5.41) is 7.09. The summed E-state index contributed by atoms with van der Waals surface area (Å²) in [6.07, 6.45) is 5.08. The Morgan fingerprint density at radius 2 is 2.41 bits per heavy atom. The van der Waals surface area contributed by atoms with Crippen molar-refractivity contribution < 1.29 is 4.79 Å². The molecule has 0 aliphatic heterocycles. The number of hydrogen-bond donors (Lipinski definition) is 1.